The van der Waals surface area contributed by atoms with Gasteiger partial charge in [0.25, 0.3) is 5.91 Å². The van der Waals surface area contributed by atoms with Crippen molar-refractivity contribution in [3.05, 3.63) is 17.5 Å². The fourth-order valence-corrected chi connectivity index (χ4v) is 2.69. The molecule has 23 heavy (non-hydrogen) atoms. The van der Waals surface area contributed by atoms with Crippen LogP contribution in [0.3, 0.4) is 0 Å². The minimum absolute atomic E-state index is 0.0929. The van der Waals surface area contributed by atoms with Crippen molar-refractivity contribution in [2.24, 2.45) is 0 Å². The van der Waals surface area contributed by atoms with E-state index in [1.807, 2.05) is 0 Å². The largest absolute Gasteiger partial charge is 0.432 e. The number of hydrogen-bond acceptors (Lipinski definition) is 4. The number of H-pyrrole nitrogens is 1. The van der Waals surface area contributed by atoms with E-state index in [2.05, 4.69) is 15.7 Å². The third kappa shape index (κ3) is 2.85. The summed E-state index contributed by atoms with van der Waals surface area (Å²) < 4.78 is 37.4. The van der Waals surface area contributed by atoms with Crippen LogP contribution in [-0.4, -0.2) is 58.0 Å². The Hall–Kier alpha value is -2.59. The van der Waals surface area contributed by atoms with Crippen LogP contribution >= 0.6 is 0 Å². The summed E-state index contributed by atoms with van der Waals surface area (Å²) in [4.78, 5) is 36.7. The Morgan fingerprint density at radius 2 is 2.13 bits per heavy atom. The Morgan fingerprint density at radius 3 is 2.74 bits per heavy atom. The van der Waals surface area contributed by atoms with Gasteiger partial charge < -0.3 is 15.5 Å². The summed E-state index contributed by atoms with van der Waals surface area (Å²) in [5, 5.41) is 10.0. The Kier molecular flexibility index (Phi) is 3.49. The quantitative estimate of drug-likeness (QED) is 0.663. The van der Waals surface area contributed by atoms with Crippen molar-refractivity contribution in [2.75, 3.05) is 13.1 Å². The fourth-order valence-electron chi connectivity index (χ4n) is 2.69. The molecule has 8 nitrogen and oxygen atoms in total. The van der Waals surface area contributed by atoms with Crippen molar-refractivity contribution >= 4 is 17.7 Å². The lowest BCUT2D eigenvalue weighted by Gasteiger charge is -2.28. The van der Waals surface area contributed by atoms with Gasteiger partial charge in [-0.1, -0.05) is 0 Å². The second-order valence-corrected chi connectivity index (χ2v) is 5.35. The molecule has 2 aliphatic rings. The van der Waals surface area contributed by atoms with Crippen LogP contribution in [0, 0.1) is 0 Å². The number of aromatic nitrogens is 2. The zero-order valence-electron chi connectivity index (χ0n) is 11.6. The van der Waals surface area contributed by atoms with Gasteiger partial charge in [0.15, 0.2) is 5.69 Å². The number of rotatable bonds is 2. The second kappa shape index (κ2) is 5.25. The SMILES string of the molecule is O=C(N[C@@H]1C[C@H]2C(=O)NCC(=O)N2C1)c1cc(C(F)(F)F)[nH]n1. The monoisotopic (exact) mass is 331 g/mol. The highest BCUT2D eigenvalue weighted by Crippen LogP contribution is 2.27. The molecule has 11 heteroatoms. The van der Waals surface area contributed by atoms with Gasteiger partial charge in [0.05, 0.1) is 6.54 Å². The number of halogens is 3. The summed E-state index contributed by atoms with van der Waals surface area (Å²) in [5.74, 6) is -1.36. The maximum atomic E-state index is 12.5. The van der Waals surface area contributed by atoms with E-state index < -0.39 is 35.6 Å². The van der Waals surface area contributed by atoms with Crippen molar-refractivity contribution in [1.29, 1.82) is 0 Å². The van der Waals surface area contributed by atoms with E-state index >= 15 is 0 Å². The van der Waals surface area contributed by atoms with Crippen LogP contribution < -0.4 is 10.6 Å². The first kappa shape index (κ1) is 15.3. The third-order valence-corrected chi connectivity index (χ3v) is 3.79. The molecule has 2 aliphatic heterocycles. The molecule has 0 unspecified atom stereocenters. The summed E-state index contributed by atoms with van der Waals surface area (Å²) in [5.41, 5.74) is -1.53. The van der Waals surface area contributed by atoms with Gasteiger partial charge in [0.1, 0.15) is 11.7 Å². The molecule has 2 saturated heterocycles. The predicted molar refractivity (Wildman–Crippen MR) is 68.0 cm³/mol. The molecule has 0 spiro atoms. The van der Waals surface area contributed by atoms with Crippen LogP contribution in [0.25, 0.3) is 0 Å². The van der Waals surface area contributed by atoms with E-state index in [0.29, 0.717) is 6.07 Å². The van der Waals surface area contributed by atoms with Gasteiger partial charge >= 0.3 is 6.18 Å². The highest BCUT2D eigenvalue weighted by molar-refractivity contribution is 5.96. The van der Waals surface area contributed by atoms with E-state index in [1.54, 1.807) is 5.10 Å². The maximum Gasteiger partial charge on any atom is 0.432 e. The van der Waals surface area contributed by atoms with Crippen LogP contribution in [0.15, 0.2) is 6.07 Å². The van der Waals surface area contributed by atoms with Crippen molar-refractivity contribution in [3.63, 3.8) is 0 Å². The van der Waals surface area contributed by atoms with Crippen molar-refractivity contribution in [1.82, 2.24) is 25.7 Å². The van der Waals surface area contributed by atoms with Crippen LogP contribution in [0.1, 0.15) is 22.6 Å². The Balaban J connectivity index is 1.66. The summed E-state index contributed by atoms with van der Waals surface area (Å²) >= 11 is 0. The topological polar surface area (TPSA) is 107 Å². The number of nitrogens with one attached hydrogen (secondary N) is 3. The van der Waals surface area contributed by atoms with Gasteiger partial charge in [-0.2, -0.15) is 18.3 Å². The molecule has 1 aromatic heterocycles. The van der Waals surface area contributed by atoms with Gasteiger partial charge in [-0.25, -0.2) is 0 Å². The Morgan fingerprint density at radius 1 is 1.39 bits per heavy atom. The number of carbonyl (C=O) groups excluding carboxylic acids is 3. The number of hydrogen-bond donors (Lipinski definition) is 3. The molecular weight excluding hydrogens is 319 g/mol. The molecule has 3 N–H and O–H groups in total. The van der Waals surface area contributed by atoms with Gasteiger partial charge in [-0.15, -0.1) is 0 Å². The van der Waals surface area contributed by atoms with E-state index in [-0.39, 0.29) is 31.3 Å². The molecule has 124 valence electrons. The van der Waals surface area contributed by atoms with Gasteiger partial charge in [0.2, 0.25) is 11.8 Å². The summed E-state index contributed by atoms with van der Waals surface area (Å²) in [6.07, 6.45) is -4.41. The average molecular weight is 331 g/mol. The molecule has 0 bridgehead atoms. The molecule has 0 aliphatic carbocycles. The molecule has 1 aromatic rings. The first-order valence-electron chi connectivity index (χ1n) is 6.76. The normalized spacial score (nSPS) is 24.4. The summed E-state index contributed by atoms with van der Waals surface area (Å²) in [7, 11) is 0. The highest BCUT2D eigenvalue weighted by atomic mass is 19.4. The Bertz CT molecular complexity index is 647. The molecule has 3 amide bonds. The van der Waals surface area contributed by atoms with E-state index in [0.717, 1.165) is 0 Å². The minimum atomic E-state index is -4.62. The van der Waals surface area contributed by atoms with Gasteiger partial charge in [-0.3, -0.25) is 19.5 Å². The van der Waals surface area contributed by atoms with E-state index in [9.17, 15) is 27.6 Å². The predicted octanol–water partition coefficient (Wildman–Crippen LogP) is -0.742. The molecule has 3 heterocycles. The number of amides is 3. The number of alkyl halides is 3. The van der Waals surface area contributed by atoms with Crippen LogP contribution in [0.2, 0.25) is 0 Å². The minimum Gasteiger partial charge on any atom is -0.346 e. The standard InChI is InChI=1S/C12H12F3N5O3/c13-12(14,15)8-2-6(18-19-8)10(22)17-5-1-7-11(23)16-3-9(21)20(7)4-5/h2,5,7H,1,3-4H2,(H,16,23)(H,17,22)(H,18,19)/t5-,7+/m1/s1. The fraction of sp³-hybridized carbons (Fsp3) is 0.500. The van der Waals surface area contributed by atoms with E-state index in [4.69, 9.17) is 0 Å². The molecule has 0 saturated carbocycles. The van der Waals surface area contributed by atoms with Crippen molar-refractivity contribution < 1.29 is 27.6 Å². The van der Waals surface area contributed by atoms with Crippen molar-refractivity contribution in [3.8, 4) is 0 Å². The van der Waals surface area contributed by atoms with Crippen LogP contribution in [0.4, 0.5) is 13.2 Å². The molecule has 0 radical (unpaired) electrons. The number of nitrogens with zero attached hydrogens (tertiary/aromatic N) is 2. The average Bonchev–Trinajstić information content (AvgIpc) is 3.09. The molecule has 3 rings (SSSR count). The smallest absolute Gasteiger partial charge is 0.346 e. The highest BCUT2D eigenvalue weighted by Gasteiger charge is 2.43. The number of aromatic amines is 1. The summed E-state index contributed by atoms with van der Waals surface area (Å²) in [6, 6.07) is -0.576. The Labute approximate surface area is 127 Å². The number of carbonyl (C=O) groups is 3. The lowest BCUT2D eigenvalue weighted by Crippen LogP contribution is -2.55. The molecule has 0 aromatic carbocycles. The molecule has 2 atom stereocenters. The molecular formula is C12H12F3N5O3. The first-order valence-corrected chi connectivity index (χ1v) is 6.76. The van der Waals surface area contributed by atoms with Gasteiger partial charge in [0, 0.05) is 18.7 Å². The number of fused-ring (bicyclic) bond motifs is 1. The van der Waals surface area contributed by atoms with Crippen LogP contribution in [0.5, 0.6) is 0 Å². The molecule has 2 fully saturated rings. The lowest BCUT2D eigenvalue weighted by molar-refractivity contribution is -0.143. The third-order valence-electron chi connectivity index (χ3n) is 3.79. The van der Waals surface area contributed by atoms with E-state index in [1.165, 1.54) is 4.90 Å². The number of piperazine rings is 1. The lowest BCUT2D eigenvalue weighted by atomic mass is 10.1. The van der Waals surface area contributed by atoms with Gasteiger partial charge in [-0.05, 0) is 6.42 Å². The first-order chi connectivity index (χ1) is 10.8. The maximum absolute atomic E-state index is 12.5. The zero-order valence-corrected chi connectivity index (χ0v) is 11.6. The zero-order chi connectivity index (χ0) is 16.8. The summed E-state index contributed by atoms with van der Waals surface area (Å²) in [6.45, 7) is 0.0452. The second-order valence-electron chi connectivity index (χ2n) is 5.35. The van der Waals surface area contributed by atoms with Crippen LogP contribution in [-0.2, 0) is 15.8 Å². The van der Waals surface area contributed by atoms with Crippen molar-refractivity contribution in [2.45, 2.75) is 24.7 Å².